The van der Waals surface area contributed by atoms with E-state index in [2.05, 4.69) is 26.1 Å². The van der Waals surface area contributed by atoms with Crippen LogP contribution in [-0.2, 0) is 0 Å². The lowest BCUT2D eigenvalue weighted by molar-refractivity contribution is 0.997. The fraction of sp³-hybridized carbons (Fsp3) is 0. The van der Waals surface area contributed by atoms with Gasteiger partial charge in [-0.25, -0.2) is 0 Å². The third-order valence-corrected chi connectivity index (χ3v) is 4.61. The van der Waals surface area contributed by atoms with Gasteiger partial charge in [-0.05, 0) is 34.1 Å². The van der Waals surface area contributed by atoms with E-state index in [0.717, 1.165) is 13.2 Å². The first-order valence-corrected chi connectivity index (χ1v) is 6.95. The summed E-state index contributed by atoms with van der Waals surface area (Å²) in [7, 11) is 0. The van der Waals surface area contributed by atoms with Gasteiger partial charge >= 0.3 is 0 Å². The number of nitrogens with zero attached hydrogens (tertiary/aromatic N) is 2. The highest BCUT2D eigenvalue weighted by molar-refractivity contribution is 9.11. The molecule has 7 heteroatoms. The smallest absolute Gasteiger partial charge is 0.130 e. The lowest BCUT2D eigenvalue weighted by Crippen LogP contribution is -1.74. The first-order chi connectivity index (χ1) is 7.15. The largest absolute Gasteiger partial charge is 0.184 e. The van der Waals surface area contributed by atoms with E-state index in [1.54, 1.807) is 6.07 Å². The van der Waals surface area contributed by atoms with Gasteiger partial charge < -0.3 is 0 Å². The highest BCUT2D eigenvalue weighted by Gasteiger charge is 2.05. The average molecular weight is 342 g/mol. The second kappa shape index (κ2) is 5.01. The molecular weight excluding hydrogens is 339 g/mol. The van der Waals surface area contributed by atoms with Crippen molar-refractivity contribution in [3.63, 3.8) is 0 Å². The number of benzene rings is 1. The SMILES string of the molecule is Clc1ccc(Sc2nnc(Br)s2)cc1Cl. The van der Waals surface area contributed by atoms with Crippen LogP contribution in [-0.4, -0.2) is 10.2 Å². The molecule has 0 aliphatic heterocycles. The summed E-state index contributed by atoms with van der Waals surface area (Å²) >= 11 is 17.9. The fourth-order valence-electron chi connectivity index (χ4n) is 0.875. The Hall–Kier alpha value is 0.190. The van der Waals surface area contributed by atoms with E-state index in [1.165, 1.54) is 23.1 Å². The van der Waals surface area contributed by atoms with Crippen LogP contribution in [0.3, 0.4) is 0 Å². The fourth-order valence-corrected chi connectivity index (χ4v) is 3.69. The molecule has 0 saturated carbocycles. The zero-order chi connectivity index (χ0) is 10.8. The second-order valence-electron chi connectivity index (χ2n) is 2.50. The third kappa shape index (κ3) is 3.07. The first kappa shape index (κ1) is 11.7. The predicted octanol–water partition coefficient (Wildman–Crippen LogP) is 4.76. The summed E-state index contributed by atoms with van der Waals surface area (Å²) < 4.78 is 1.63. The molecule has 0 saturated heterocycles. The molecule has 0 aliphatic rings. The molecule has 0 amide bonds. The molecule has 1 aromatic heterocycles. The summed E-state index contributed by atoms with van der Waals surface area (Å²) in [6.07, 6.45) is 0. The Labute approximate surface area is 113 Å². The predicted molar refractivity (Wildman–Crippen MR) is 68.2 cm³/mol. The average Bonchev–Trinajstić information content (AvgIpc) is 2.58. The molecule has 78 valence electrons. The zero-order valence-electron chi connectivity index (χ0n) is 7.08. The van der Waals surface area contributed by atoms with Crippen molar-refractivity contribution in [1.29, 1.82) is 0 Å². The Morgan fingerprint density at radius 1 is 1.20 bits per heavy atom. The number of aromatic nitrogens is 2. The maximum absolute atomic E-state index is 5.90. The van der Waals surface area contributed by atoms with Crippen LogP contribution in [0.5, 0.6) is 0 Å². The molecule has 1 aromatic carbocycles. The molecule has 0 atom stereocenters. The summed E-state index contributed by atoms with van der Waals surface area (Å²) in [4.78, 5) is 0.994. The Balaban J connectivity index is 2.21. The van der Waals surface area contributed by atoms with Gasteiger partial charge in [0.25, 0.3) is 0 Å². The molecule has 0 N–H and O–H groups in total. The van der Waals surface area contributed by atoms with Crippen LogP contribution in [0.2, 0.25) is 10.0 Å². The van der Waals surface area contributed by atoms with Crippen LogP contribution in [0, 0.1) is 0 Å². The van der Waals surface area contributed by atoms with Gasteiger partial charge in [0, 0.05) is 4.90 Å². The van der Waals surface area contributed by atoms with E-state index in [-0.39, 0.29) is 0 Å². The van der Waals surface area contributed by atoms with Gasteiger partial charge in [-0.2, -0.15) is 0 Å². The zero-order valence-corrected chi connectivity index (χ0v) is 11.8. The van der Waals surface area contributed by atoms with Crippen LogP contribution in [0.1, 0.15) is 0 Å². The van der Waals surface area contributed by atoms with Gasteiger partial charge in [0.1, 0.15) is 0 Å². The summed E-state index contributed by atoms with van der Waals surface area (Å²) in [6.45, 7) is 0. The van der Waals surface area contributed by atoms with E-state index < -0.39 is 0 Å². The molecule has 15 heavy (non-hydrogen) atoms. The number of hydrogen-bond acceptors (Lipinski definition) is 4. The van der Waals surface area contributed by atoms with Crippen molar-refractivity contribution in [2.45, 2.75) is 9.24 Å². The summed E-state index contributed by atoms with van der Waals surface area (Å²) in [5.74, 6) is 0. The number of hydrogen-bond donors (Lipinski definition) is 0. The van der Waals surface area contributed by atoms with E-state index >= 15 is 0 Å². The van der Waals surface area contributed by atoms with Crippen molar-refractivity contribution in [2.75, 3.05) is 0 Å². The van der Waals surface area contributed by atoms with Crippen LogP contribution >= 0.6 is 62.2 Å². The summed E-state index contributed by atoms with van der Waals surface area (Å²) in [5.41, 5.74) is 0. The quantitative estimate of drug-likeness (QED) is 0.787. The molecule has 0 spiro atoms. The molecule has 2 rings (SSSR count). The van der Waals surface area contributed by atoms with Crippen molar-refractivity contribution in [3.8, 4) is 0 Å². The van der Waals surface area contributed by atoms with Crippen molar-refractivity contribution in [3.05, 3.63) is 32.2 Å². The van der Waals surface area contributed by atoms with E-state index in [0.29, 0.717) is 10.0 Å². The molecule has 0 unspecified atom stereocenters. The maximum atomic E-state index is 5.90. The summed E-state index contributed by atoms with van der Waals surface area (Å²) in [5, 5.41) is 8.93. The van der Waals surface area contributed by atoms with Crippen LogP contribution in [0.4, 0.5) is 0 Å². The van der Waals surface area contributed by atoms with E-state index in [4.69, 9.17) is 23.2 Å². The van der Waals surface area contributed by atoms with Crippen LogP contribution in [0.25, 0.3) is 0 Å². The van der Waals surface area contributed by atoms with Gasteiger partial charge in [-0.15, -0.1) is 10.2 Å². The van der Waals surface area contributed by atoms with Crippen molar-refractivity contribution in [2.24, 2.45) is 0 Å². The minimum atomic E-state index is 0.547. The normalized spacial score (nSPS) is 10.6. The molecule has 2 nitrogen and oxygen atoms in total. The molecule has 0 radical (unpaired) electrons. The van der Waals surface area contributed by atoms with Gasteiger partial charge in [-0.1, -0.05) is 46.3 Å². The first-order valence-electron chi connectivity index (χ1n) is 3.77. The minimum absolute atomic E-state index is 0.547. The summed E-state index contributed by atoms with van der Waals surface area (Å²) in [6, 6.07) is 5.47. The Bertz CT molecular complexity index is 489. The number of halogens is 3. The monoisotopic (exact) mass is 340 g/mol. The Kier molecular flexibility index (Phi) is 3.90. The lowest BCUT2D eigenvalue weighted by Gasteiger charge is -1.99. The minimum Gasteiger partial charge on any atom is -0.130 e. The van der Waals surface area contributed by atoms with Crippen molar-refractivity contribution < 1.29 is 0 Å². The topological polar surface area (TPSA) is 25.8 Å². The molecule has 1 heterocycles. The molecule has 0 bridgehead atoms. The van der Waals surface area contributed by atoms with Gasteiger partial charge in [0.15, 0.2) is 8.26 Å². The van der Waals surface area contributed by atoms with Gasteiger partial charge in [0.05, 0.1) is 10.0 Å². The number of rotatable bonds is 2. The molecule has 0 aliphatic carbocycles. The molecule has 2 aromatic rings. The Morgan fingerprint density at radius 2 is 2.00 bits per heavy atom. The van der Waals surface area contributed by atoms with Crippen LogP contribution in [0.15, 0.2) is 31.4 Å². The van der Waals surface area contributed by atoms with Crippen molar-refractivity contribution >= 4 is 62.2 Å². The van der Waals surface area contributed by atoms with Crippen molar-refractivity contribution in [1.82, 2.24) is 10.2 Å². The highest BCUT2D eigenvalue weighted by Crippen LogP contribution is 2.34. The molecular formula is C8H3BrCl2N2S2. The molecule has 0 fully saturated rings. The Morgan fingerprint density at radius 3 is 2.60 bits per heavy atom. The van der Waals surface area contributed by atoms with E-state index in [9.17, 15) is 0 Å². The lowest BCUT2D eigenvalue weighted by atomic mass is 10.4. The third-order valence-electron chi connectivity index (χ3n) is 1.48. The highest BCUT2D eigenvalue weighted by atomic mass is 79.9. The standard InChI is InChI=1S/C8H3BrCl2N2S2/c9-7-12-13-8(15-7)14-4-1-2-5(10)6(11)3-4/h1-3H. The second-order valence-corrected chi connectivity index (χ2v) is 6.89. The van der Waals surface area contributed by atoms with Gasteiger partial charge in [-0.3, -0.25) is 0 Å². The van der Waals surface area contributed by atoms with E-state index in [1.807, 2.05) is 12.1 Å². The maximum Gasteiger partial charge on any atom is 0.184 e. The van der Waals surface area contributed by atoms with Crippen LogP contribution < -0.4 is 0 Å². The van der Waals surface area contributed by atoms with Gasteiger partial charge in [0.2, 0.25) is 0 Å².